The van der Waals surface area contributed by atoms with Crippen LogP contribution in [-0.2, 0) is 4.79 Å². The summed E-state index contributed by atoms with van der Waals surface area (Å²) in [5, 5.41) is 11.9. The summed E-state index contributed by atoms with van der Waals surface area (Å²) in [5.41, 5.74) is 2.33. The highest BCUT2D eigenvalue weighted by Gasteiger charge is 2.27. The molecule has 36 heavy (non-hydrogen) atoms. The first-order valence-corrected chi connectivity index (χ1v) is 12.4. The number of ether oxygens (including phenoxy) is 1. The van der Waals surface area contributed by atoms with Crippen LogP contribution < -0.4 is 10.1 Å². The number of hydrogen-bond donors (Lipinski definition) is 1. The van der Waals surface area contributed by atoms with Crippen molar-refractivity contribution in [1.29, 1.82) is 0 Å². The van der Waals surface area contributed by atoms with Gasteiger partial charge >= 0.3 is 0 Å². The Kier molecular flexibility index (Phi) is 7.14. The number of para-hydroxylation sites is 3. The quantitative estimate of drug-likeness (QED) is 0.238. The molecule has 2 heterocycles. The molecule has 2 aromatic heterocycles. The van der Waals surface area contributed by atoms with E-state index in [9.17, 15) is 4.79 Å². The number of hydrogen-bond acceptors (Lipinski definition) is 6. The lowest BCUT2D eigenvalue weighted by molar-refractivity contribution is -0.115. The summed E-state index contributed by atoms with van der Waals surface area (Å²) in [6.07, 6.45) is 1.60. The lowest BCUT2D eigenvalue weighted by Crippen LogP contribution is -2.20. The van der Waals surface area contributed by atoms with E-state index >= 15 is 0 Å². The Labute approximate surface area is 213 Å². The molecule has 0 aliphatic carbocycles. The van der Waals surface area contributed by atoms with E-state index in [1.165, 1.54) is 11.8 Å². The van der Waals surface area contributed by atoms with Crippen LogP contribution in [0.5, 0.6) is 5.75 Å². The average Bonchev–Trinajstić information content (AvgIpc) is 3.60. The molecule has 0 radical (unpaired) electrons. The third kappa shape index (κ3) is 5.04. The van der Waals surface area contributed by atoms with Gasteiger partial charge in [0.1, 0.15) is 11.0 Å². The molecule has 1 atom stereocenters. The molecule has 3 aromatic carbocycles. The zero-order valence-electron chi connectivity index (χ0n) is 19.6. The highest BCUT2D eigenvalue weighted by molar-refractivity contribution is 8.00. The Morgan fingerprint density at radius 3 is 2.39 bits per heavy atom. The Hall–Kier alpha value is -4.30. The highest BCUT2D eigenvalue weighted by Crippen LogP contribution is 2.39. The maximum Gasteiger partial charge on any atom is 0.242 e. The first kappa shape index (κ1) is 23.4. The van der Waals surface area contributed by atoms with Gasteiger partial charge in [0.15, 0.2) is 10.9 Å². The van der Waals surface area contributed by atoms with Gasteiger partial charge in [-0.1, -0.05) is 72.4 Å². The van der Waals surface area contributed by atoms with Crippen LogP contribution in [0, 0.1) is 0 Å². The molecule has 8 heteroatoms. The summed E-state index contributed by atoms with van der Waals surface area (Å²) < 4.78 is 13.2. The summed E-state index contributed by atoms with van der Waals surface area (Å²) in [7, 11) is 0. The zero-order valence-corrected chi connectivity index (χ0v) is 20.4. The van der Waals surface area contributed by atoms with Gasteiger partial charge in [-0.3, -0.25) is 9.36 Å². The Morgan fingerprint density at radius 2 is 1.67 bits per heavy atom. The fourth-order valence-corrected chi connectivity index (χ4v) is 4.83. The number of furan rings is 1. The number of amides is 1. The fraction of sp³-hybridized carbons (Fsp3) is 0.107. The minimum atomic E-state index is -0.600. The zero-order chi connectivity index (χ0) is 24.7. The third-order valence-electron chi connectivity index (χ3n) is 5.40. The minimum Gasteiger partial charge on any atom is -0.492 e. The second-order valence-corrected chi connectivity index (χ2v) is 8.85. The van der Waals surface area contributed by atoms with Crippen LogP contribution in [0.25, 0.3) is 17.3 Å². The van der Waals surface area contributed by atoms with Crippen molar-refractivity contribution in [2.24, 2.45) is 0 Å². The van der Waals surface area contributed by atoms with Crippen LogP contribution in [0.1, 0.15) is 17.7 Å². The Bertz CT molecular complexity index is 1420. The molecule has 0 bridgehead atoms. The second kappa shape index (κ2) is 11.0. The van der Waals surface area contributed by atoms with E-state index in [-0.39, 0.29) is 5.91 Å². The third-order valence-corrected chi connectivity index (χ3v) is 6.59. The van der Waals surface area contributed by atoms with Gasteiger partial charge < -0.3 is 14.5 Å². The highest BCUT2D eigenvalue weighted by atomic mass is 32.2. The lowest BCUT2D eigenvalue weighted by atomic mass is 10.1. The second-order valence-electron chi connectivity index (χ2n) is 7.78. The van der Waals surface area contributed by atoms with Gasteiger partial charge in [-0.05, 0) is 48.9 Å². The molecule has 0 fully saturated rings. The van der Waals surface area contributed by atoms with Gasteiger partial charge in [0.05, 0.1) is 18.6 Å². The van der Waals surface area contributed by atoms with Gasteiger partial charge in [-0.15, -0.1) is 10.2 Å². The van der Waals surface area contributed by atoms with E-state index < -0.39 is 5.25 Å². The van der Waals surface area contributed by atoms with Crippen LogP contribution in [0.15, 0.2) is 113 Å². The van der Waals surface area contributed by atoms with Crippen LogP contribution in [0.2, 0.25) is 0 Å². The van der Waals surface area contributed by atoms with Gasteiger partial charge in [0, 0.05) is 5.69 Å². The standard InChI is InChI=1S/C28H24N4O3S/c1-2-34-23-17-10-9-16-22(23)29-27(33)25(20-12-5-3-6-13-20)36-28-31-30-26(24-18-11-19-35-24)32(28)21-14-7-4-8-15-21/h3-19,25H,2H2,1H3,(H,29,33). The molecule has 0 spiro atoms. The summed E-state index contributed by atoms with van der Waals surface area (Å²) in [6, 6.07) is 30.5. The number of thioether (sulfide) groups is 1. The molecule has 5 aromatic rings. The first-order valence-electron chi connectivity index (χ1n) is 11.5. The van der Waals surface area contributed by atoms with Crippen molar-refractivity contribution >= 4 is 23.4 Å². The molecular weight excluding hydrogens is 472 g/mol. The summed E-state index contributed by atoms with van der Waals surface area (Å²) in [4.78, 5) is 13.7. The molecule has 1 unspecified atom stereocenters. The van der Waals surface area contributed by atoms with Crippen molar-refractivity contribution in [3.63, 3.8) is 0 Å². The van der Waals surface area contributed by atoms with E-state index in [0.29, 0.717) is 34.8 Å². The van der Waals surface area contributed by atoms with Gasteiger partial charge in [-0.25, -0.2) is 0 Å². The molecule has 0 aliphatic rings. The summed E-state index contributed by atoms with van der Waals surface area (Å²) >= 11 is 1.32. The topological polar surface area (TPSA) is 82.2 Å². The van der Waals surface area contributed by atoms with Gasteiger partial charge in [0.2, 0.25) is 11.7 Å². The number of benzene rings is 3. The number of anilines is 1. The number of carbonyl (C=O) groups is 1. The molecule has 5 rings (SSSR count). The lowest BCUT2D eigenvalue weighted by Gasteiger charge is -2.18. The molecule has 180 valence electrons. The number of nitrogens with zero attached hydrogens (tertiary/aromatic N) is 3. The van der Waals surface area contributed by atoms with Crippen molar-refractivity contribution in [1.82, 2.24) is 14.8 Å². The largest absolute Gasteiger partial charge is 0.492 e. The fourth-order valence-electron chi connectivity index (χ4n) is 3.78. The molecule has 0 saturated carbocycles. The van der Waals surface area contributed by atoms with Crippen LogP contribution in [0.4, 0.5) is 5.69 Å². The number of aromatic nitrogens is 3. The molecule has 0 saturated heterocycles. The predicted octanol–water partition coefficient (Wildman–Crippen LogP) is 6.40. The maximum atomic E-state index is 13.7. The maximum absolute atomic E-state index is 13.7. The first-order chi connectivity index (χ1) is 17.7. The predicted molar refractivity (Wildman–Crippen MR) is 140 cm³/mol. The van der Waals surface area contributed by atoms with Crippen molar-refractivity contribution in [2.75, 3.05) is 11.9 Å². The smallest absolute Gasteiger partial charge is 0.242 e. The molecular formula is C28H24N4O3S. The van der Waals surface area contributed by atoms with E-state index in [1.54, 1.807) is 6.26 Å². The molecule has 1 N–H and O–H groups in total. The summed E-state index contributed by atoms with van der Waals surface area (Å²) in [5.74, 6) is 1.57. The van der Waals surface area contributed by atoms with E-state index in [0.717, 1.165) is 11.3 Å². The Morgan fingerprint density at radius 1 is 0.944 bits per heavy atom. The van der Waals surface area contributed by atoms with Crippen molar-refractivity contribution in [2.45, 2.75) is 17.3 Å². The number of nitrogens with one attached hydrogen (secondary N) is 1. The van der Waals surface area contributed by atoms with Crippen LogP contribution in [-0.4, -0.2) is 27.3 Å². The van der Waals surface area contributed by atoms with Crippen LogP contribution in [0.3, 0.4) is 0 Å². The monoisotopic (exact) mass is 496 g/mol. The molecule has 1 amide bonds. The molecule has 0 aliphatic heterocycles. The van der Waals surface area contributed by atoms with Crippen molar-refractivity contribution in [3.05, 3.63) is 109 Å². The van der Waals surface area contributed by atoms with Gasteiger partial charge in [0.25, 0.3) is 0 Å². The van der Waals surface area contributed by atoms with Crippen molar-refractivity contribution in [3.8, 4) is 23.0 Å². The van der Waals surface area contributed by atoms with Crippen LogP contribution >= 0.6 is 11.8 Å². The van der Waals surface area contributed by atoms with E-state index in [2.05, 4.69) is 15.5 Å². The number of carbonyl (C=O) groups excluding carboxylic acids is 1. The average molecular weight is 497 g/mol. The SMILES string of the molecule is CCOc1ccccc1NC(=O)C(Sc1nnc(-c2ccco2)n1-c1ccccc1)c1ccccc1. The molecule has 7 nitrogen and oxygen atoms in total. The summed E-state index contributed by atoms with van der Waals surface area (Å²) in [6.45, 7) is 2.41. The van der Waals surface area contributed by atoms with Gasteiger partial charge in [-0.2, -0.15) is 0 Å². The normalized spacial score (nSPS) is 11.7. The minimum absolute atomic E-state index is 0.194. The van der Waals surface area contributed by atoms with Crippen molar-refractivity contribution < 1.29 is 13.9 Å². The Balaban J connectivity index is 1.54. The van der Waals surface area contributed by atoms with E-state index in [4.69, 9.17) is 9.15 Å². The number of rotatable bonds is 9. The van der Waals surface area contributed by atoms with E-state index in [1.807, 2.05) is 109 Å².